The van der Waals surface area contributed by atoms with E-state index in [-0.39, 0.29) is 11.9 Å². The zero-order valence-corrected chi connectivity index (χ0v) is 8.92. The van der Waals surface area contributed by atoms with E-state index in [1.807, 2.05) is 14.1 Å². The predicted octanol–water partition coefficient (Wildman–Crippen LogP) is -0.957. The summed E-state index contributed by atoms with van der Waals surface area (Å²) in [6, 6.07) is -0.159. The average molecular weight is 198 g/mol. The number of nitrogens with zero attached hydrogens (tertiary/aromatic N) is 1. The minimum Gasteiger partial charge on any atom is -0.309 e. The van der Waals surface area contributed by atoms with Gasteiger partial charge in [0.25, 0.3) is 0 Å². The molecule has 14 heavy (non-hydrogen) atoms. The fourth-order valence-electron chi connectivity index (χ4n) is 1.88. The third-order valence-corrected chi connectivity index (χ3v) is 2.80. The molecule has 5 nitrogen and oxygen atoms in total. The van der Waals surface area contributed by atoms with Crippen LogP contribution >= 0.6 is 0 Å². The van der Waals surface area contributed by atoms with E-state index in [9.17, 15) is 4.79 Å². The number of carbonyl (C=O) groups is 1. The standard InChI is InChI=1S/C9H18N4O/c1-5-13-8(14)7(10-2)6-9(13,11-3)12-4/h5,7,10-12H,1,6H2,2-4H3. The van der Waals surface area contributed by atoms with Crippen molar-refractivity contribution in [2.45, 2.75) is 18.2 Å². The van der Waals surface area contributed by atoms with Gasteiger partial charge in [0.2, 0.25) is 5.91 Å². The van der Waals surface area contributed by atoms with E-state index in [1.54, 1.807) is 18.1 Å². The topological polar surface area (TPSA) is 56.4 Å². The first kappa shape index (κ1) is 11.2. The van der Waals surface area contributed by atoms with Gasteiger partial charge in [0.05, 0.1) is 6.04 Å². The maximum absolute atomic E-state index is 11.8. The van der Waals surface area contributed by atoms with Crippen LogP contribution in [0.4, 0.5) is 0 Å². The Labute approximate surface area is 84.5 Å². The molecule has 1 aliphatic heterocycles. The molecule has 3 N–H and O–H groups in total. The van der Waals surface area contributed by atoms with Gasteiger partial charge in [-0.1, -0.05) is 6.58 Å². The maximum Gasteiger partial charge on any atom is 0.246 e. The Morgan fingerprint density at radius 1 is 1.50 bits per heavy atom. The van der Waals surface area contributed by atoms with Gasteiger partial charge in [-0.05, 0) is 21.1 Å². The van der Waals surface area contributed by atoms with E-state index in [0.29, 0.717) is 6.42 Å². The van der Waals surface area contributed by atoms with Crippen LogP contribution in [0.5, 0.6) is 0 Å². The van der Waals surface area contributed by atoms with E-state index in [1.165, 1.54) is 0 Å². The summed E-state index contributed by atoms with van der Waals surface area (Å²) in [6.45, 7) is 3.65. The number of rotatable bonds is 4. The van der Waals surface area contributed by atoms with Crippen LogP contribution in [0.2, 0.25) is 0 Å². The molecule has 1 unspecified atom stereocenters. The highest BCUT2D eigenvalue weighted by atomic mass is 16.2. The van der Waals surface area contributed by atoms with Gasteiger partial charge in [0, 0.05) is 12.6 Å². The Hall–Kier alpha value is -0.910. The van der Waals surface area contributed by atoms with E-state index in [4.69, 9.17) is 0 Å². The molecule has 1 amide bonds. The molecule has 1 fully saturated rings. The van der Waals surface area contributed by atoms with Gasteiger partial charge in [0.1, 0.15) is 0 Å². The molecular formula is C9H18N4O. The van der Waals surface area contributed by atoms with Crippen LogP contribution in [0.25, 0.3) is 0 Å². The highest BCUT2D eigenvalue weighted by molar-refractivity contribution is 5.86. The second-order valence-corrected chi connectivity index (χ2v) is 3.30. The zero-order valence-electron chi connectivity index (χ0n) is 8.92. The second-order valence-electron chi connectivity index (χ2n) is 3.30. The Kier molecular flexibility index (Phi) is 3.25. The van der Waals surface area contributed by atoms with Crippen LogP contribution in [-0.2, 0) is 4.79 Å². The van der Waals surface area contributed by atoms with Gasteiger partial charge in [-0.25, -0.2) is 0 Å². The third-order valence-electron chi connectivity index (χ3n) is 2.80. The van der Waals surface area contributed by atoms with Crippen molar-refractivity contribution in [1.82, 2.24) is 20.9 Å². The van der Waals surface area contributed by atoms with Crippen molar-refractivity contribution in [2.24, 2.45) is 0 Å². The van der Waals surface area contributed by atoms with Gasteiger partial charge >= 0.3 is 0 Å². The molecule has 0 aromatic carbocycles. The predicted molar refractivity (Wildman–Crippen MR) is 55.4 cm³/mol. The van der Waals surface area contributed by atoms with Gasteiger partial charge in [-0.15, -0.1) is 0 Å². The molecule has 1 rings (SSSR count). The molecule has 0 radical (unpaired) electrons. The fraction of sp³-hybridized carbons (Fsp3) is 0.667. The molecule has 80 valence electrons. The third kappa shape index (κ3) is 1.43. The largest absolute Gasteiger partial charge is 0.309 e. The van der Waals surface area contributed by atoms with Crippen LogP contribution in [0.3, 0.4) is 0 Å². The Balaban J connectivity index is 2.97. The molecule has 0 aromatic rings. The molecule has 5 heteroatoms. The number of hydrogen-bond donors (Lipinski definition) is 3. The molecule has 1 heterocycles. The summed E-state index contributed by atoms with van der Waals surface area (Å²) in [7, 11) is 5.42. The number of nitrogens with one attached hydrogen (secondary N) is 3. The highest BCUT2D eigenvalue weighted by Gasteiger charge is 2.47. The summed E-state index contributed by atoms with van der Waals surface area (Å²) in [5.74, 6) is -0.474. The lowest BCUT2D eigenvalue weighted by atomic mass is 10.2. The normalized spacial score (nSPS) is 25.5. The number of amides is 1. The molecular weight excluding hydrogens is 180 g/mol. The first-order chi connectivity index (χ1) is 6.65. The van der Waals surface area contributed by atoms with Crippen LogP contribution in [0.1, 0.15) is 6.42 Å². The number of hydrogen-bond acceptors (Lipinski definition) is 4. The Morgan fingerprint density at radius 3 is 2.36 bits per heavy atom. The van der Waals surface area contributed by atoms with Crippen molar-refractivity contribution in [1.29, 1.82) is 0 Å². The van der Waals surface area contributed by atoms with Crippen LogP contribution in [-0.4, -0.2) is 43.8 Å². The molecule has 0 saturated carbocycles. The quantitative estimate of drug-likeness (QED) is 0.509. The van der Waals surface area contributed by atoms with E-state index >= 15 is 0 Å². The summed E-state index contributed by atoms with van der Waals surface area (Å²) in [4.78, 5) is 13.4. The van der Waals surface area contributed by atoms with Crippen molar-refractivity contribution < 1.29 is 4.79 Å². The van der Waals surface area contributed by atoms with Crippen molar-refractivity contribution in [3.8, 4) is 0 Å². The van der Waals surface area contributed by atoms with E-state index in [2.05, 4.69) is 22.5 Å². The highest BCUT2D eigenvalue weighted by Crippen LogP contribution is 2.25. The maximum atomic E-state index is 11.8. The molecule has 1 aliphatic rings. The number of likely N-dealkylation sites (tertiary alicyclic amines) is 1. The van der Waals surface area contributed by atoms with Crippen LogP contribution in [0, 0.1) is 0 Å². The second kappa shape index (κ2) is 4.08. The lowest BCUT2D eigenvalue weighted by molar-refractivity contribution is -0.130. The summed E-state index contributed by atoms with van der Waals surface area (Å²) >= 11 is 0. The lowest BCUT2D eigenvalue weighted by Crippen LogP contribution is -2.61. The zero-order chi connectivity index (χ0) is 10.8. The molecule has 1 saturated heterocycles. The monoisotopic (exact) mass is 198 g/mol. The van der Waals surface area contributed by atoms with Gasteiger partial charge < -0.3 is 5.32 Å². The first-order valence-corrected chi connectivity index (χ1v) is 4.66. The summed E-state index contributed by atoms with van der Waals surface area (Å²) < 4.78 is 0. The molecule has 0 bridgehead atoms. The molecule has 0 spiro atoms. The minimum atomic E-state index is -0.507. The van der Waals surface area contributed by atoms with Gasteiger partial charge in [-0.3, -0.25) is 20.3 Å². The molecule has 0 aliphatic carbocycles. The van der Waals surface area contributed by atoms with Crippen LogP contribution < -0.4 is 16.0 Å². The number of likely N-dealkylation sites (N-methyl/N-ethyl adjacent to an activating group) is 1. The summed E-state index contributed by atoms with van der Waals surface area (Å²) in [6.07, 6.45) is 2.22. The van der Waals surface area contributed by atoms with Crippen LogP contribution in [0.15, 0.2) is 12.8 Å². The minimum absolute atomic E-state index is 0.0335. The van der Waals surface area contributed by atoms with E-state index in [0.717, 1.165) is 0 Å². The molecule has 0 aromatic heterocycles. The Morgan fingerprint density at radius 2 is 2.07 bits per heavy atom. The SMILES string of the molecule is C=CN1C(=O)C(NC)CC1(NC)NC. The van der Waals surface area contributed by atoms with Gasteiger partial charge in [-0.2, -0.15) is 0 Å². The van der Waals surface area contributed by atoms with E-state index < -0.39 is 5.79 Å². The van der Waals surface area contributed by atoms with Gasteiger partial charge in [0.15, 0.2) is 5.79 Å². The molecule has 1 atom stereocenters. The van der Waals surface area contributed by atoms with Crippen molar-refractivity contribution in [2.75, 3.05) is 21.1 Å². The summed E-state index contributed by atoms with van der Waals surface area (Å²) in [5.41, 5.74) is 0. The fourth-order valence-corrected chi connectivity index (χ4v) is 1.88. The first-order valence-electron chi connectivity index (χ1n) is 4.66. The van der Waals surface area contributed by atoms with Crippen molar-refractivity contribution in [3.05, 3.63) is 12.8 Å². The van der Waals surface area contributed by atoms with Crippen molar-refractivity contribution in [3.63, 3.8) is 0 Å². The van der Waals surface area contributed by atoms with Crippen molar-refractivity contribution >= 4 is 5.91 Å². The number of carbonyl (C=O) groups excluding carboxylic acids is 1. The average Bonchev–Trinajstić information content (AvgIpc) is 2.51. The summed E-state index contributed by atoms with van der Waals surface area (Å²) in [5, 5.41) is 9.19. The lowest BCUT2D eigenvalue weighted by Gasteiger charge is -2.35. The Bertz CT molecular complexity index is 237. The smallest absolute Gasteiger partial charge is 0.246 e.